The Morgan fingerprint density at radius 2 is 0.717 bits per heavy atom. The maximum absolute atomic E-state index is 10.2. The first-order valence-electron chi connectivity index (χ1n) is 18.0. The van der Waals surface area contributed by atoms with Crippen molar-refractivity contribution in [3.63, 3.8) is 0 Å². The molecule has 9 aromatic carbocycles. The molecule has 0 bridgehead atoms. The Morgan fingerprint density at radius 3 is 1.26 bits per heavy atom. The SMILES string of the molecule is N#Cc1ccc(-c2cccc(-c3ccc(-c4c5ccccc5c(-c5ccccc5)c5ccccc45)cc3)c2)cc1-n1c2ccccc2c2ccccc21. The Morgan fingerprint density at radius 1 is 0.321 bits per heavy atom. The lowest BCUT2D eigenvalue weighted by Crippen LogP contribution is -1.98. The highest BCUT2D eigenvalue weighted by Crippen LogP contribution is 2.44. The molecule has 2 nitrogen and oxygen atoms in total. The largest absolute Gasteiger partial charge is 0.308 e. The van der Waals surface area contributed by atoms with Gasteiger partial charge in [0.1, 0.15) is 6.07 Å². The van der Waals surface area contributed by atoms with E-state index in [9.17, 15) is 5.26 Å². The van der Waals surface area contributed by atoms with Crippen LogP contribution in [0.25, 0.3) is 93.5 Å². The molecule has 0 N–H and O–H groups in total. The molecule has 0 amide bonds. The Bertz CT molecular complexity index is 2940. The first-order chi connectivity index (χ1) is 26.3. The molecule has 0 atom stereocenters. The Hall–Kier alpha value is -7.21. The van der Waals surface area contributed by atoms with Gasteiger partial charge in [0.2, 0.25) is 0 Å². The fourth-order valence-electron chi connectivity index (χ4n) is 8.24. The number of rotatable bonds is 5. The minimum Gasteiger partial charge on any atom is -0.308 e. The van der Waals surface area contributed by atoms with E-state index >= 15 is 0 Å². The summed E-state index contributed by atoms with van der Waals surface area (Å²) in [5.41, 5.74) is 13.1. The number of hydrogen-bond acceptors (Lipinski definition) is 1. The third-order valence-electron chi connectivity index (χ3n) is 10.6. The van der Waals surface area contributed by atoms with Crippen LogP contribution in [-0.4, -0.2) is 4.57 Å². The maximum Gasteiger partial charge on any atom is 0.101 e. The first kappa shape index (κ1) is 30.6. The highest BCUT2D eigenvalue weighted by atomic mass is 15.0. The Kier molecular flexibility index (Phi) is 7.23. The molecular formula is C51H32N2. The summed E-state index contributed by atoms with van der Waals surface area (Å²) in [4.78, 5) is 0. The molecule has 2 heteroatoms. The summed E-state index contributed by atoms with van der Waals surface area (Å²) in [7, 11) is 0. The van der Waals surface area contributed by atoms with Gasteiger partial charge in [-0.15, -0.1) is 0 Å². The van der Waals surface area contributed by atoms with Crippen molar-refractivity contribution in [2.45, 2.75) is 0 Å². The zero-order valence-electron chi connectivity index (χ0n) is 28.9. The molecule has 0 saturated carbocycles. The number of hydrogen-bond donors (Lipinski definition) is 0. The second-order valence-corrected chi connectivity index (χ2v) is 13.6. The maximum atomic E-state index is 10.2. The summed E-state index contributed by atoms with van der Waals surface area (Å²) in [5.74, 6) is 0. The number of aromatic nitrogens is 1. The zero-order valence-corrected chi connectivity index (χ0v) is 28.9. The van der Waals surface area contributed by atoms with Crippen molar-refractivity contribution in [3.8, 4) is 56.3 Å². The molecule has 1 heterocycles. The predicted octanol–water partition coefficient (Wildman–Crippen LogP) is 13.6. The molecule has 1 aromatic heterocycles. The van der Waals surface area contributed by atoms with E-state index in [-0.39, 0.29) is 0 Å². The summed E-state index contributed by atoms with van der Waals surface area (Å²) in [6.45, 7) is 0. The number of nitriles is 1. The van der Waals surface area contributed by atoms with Crippen LogP contribution in [0, 0.1) is 11.3 Å². The van der Waals surface area contributed by atoms with Crippen molar-refractivity contribution in [1.29, 1.82) is 5.26 Å². The van der Waals surface area contributed by atoms with Gasteiger partial charge in [0.05, 0.1) is 22.3 Å². The van der Waals surface area contributed by atoms with Crippen LogP contribution in [-0.2, 0) is 0 Å². The van der Waals surface area contributed by atoms with E-state index in [0.29, 0.717) is 5.56 Å². The van der Waals surface area contributed by atoms with E-state index in [1.807, 2.05) is 6.07 Å². The molecule has 0 radical (unpaired) electrons. The van der Waals surface area contributed by atoms with Crippen LogP contribution in [0.5, 0.6) is 0 Å². The Labute approximate surface area is 308 Å². The average Bonchev–Trinajstić information content (AvgIpc) is 3.57. The lowest BCUT2D eigenvalue weighted by molar-refractivity contribution is 1.17. The van der Waals surface area contributed by atoms with Gasteiger partial charge in [-0.3, -0.25) is 0 Å². The lowest BCUT2D eigenvalue weighted by Gasteiger charge is -2.18. The van der Waals surface area contributed by atoms with E-state index in [4.69, 9.17) is 0 Å². The van der Waals surface area contributed by atoms with Crippen molar-refractivity contribution in [2.75, 3.05) is 0 Å². The van der Waals surface area contributed by atoms with E-state index < -0.39 is 0 Å². The third-order valence-corrected chi connectivity index (χ3v) is 10.6. The van der Waals surface area contributed by atoms with Crippen molar-refractivity contribution >= 4 is 43.4 Å². The molecule has 0 spiro atoms. The third kappa shape index (κ3) is 5.02. The van der Waals surface area contributed by atoms with Crippen LogP contribution in [0.2, 0.25) is 0 Å². The molecule has 53 heavy (non-hydrogen) atoms. The van der Waals surface area contributed by atoms with Gasteiger partial charge in [-0.25, -0.2) is 0 Å². The summed E-state index contributed by atoms with van der Waals surface area (Å²) < 4.78 is 2.23. The molecule has 0 aliphatic heterocycles. The highest BCUT2D eigenvalue weighted by Gasteiger charge is 2.18. The molecule has 0 saturated heterocycles. The van der Waals surface area contributed by atoms with Crippen LogP contribution in [0.3, 0.4) is 0 Å². The van der Waals surface area contributed by atoms with Gasteiger partial charge in [0.25, 0.3) is 0 Å². The standard InChI is InChI=1S/C51H32N2/c52-33-40-30-29-39(32-49(40)53-47-23-10-8-17-41(47)42-18-9-11-24-48(42)53)38-16-12-15-37(31-38)34-25-27-36(28-26-34)51-45-21-6-4-19-43(45)50(35-13-2-1-3-14-35)44-20-5-7-22-46(44)51/h1-32H. The average molecular weight is 673 g/mol. The minimum atomic E-state index is 0.642. The van der Waals surface area contributed by atoms with Crippen molar-refractivity contribution in [1.82, 2.24) is 4.57 Å². The Balaban J connectivity index is 1.07. The van der Waals surface area contributed by atoms with Gasteiger partial charge in [0.15, 0.2) is 0 Å². The molecule has 0 aliphatic rings. The van der Waals surface area contributed by atoms with Gasteiger partial charge >= 0.3 is 0 Å². The second-order valence-electron chi connectivity index (χ2n) is 13.6. The number of fused-ring (bicyclic) bond motifs is 5. The summed E-state index contributed by atoms with van der Waals surface area (Å²) in [6, 6.07) is 71.5. The van der Waals surface area contributed by atoms with Crippen LogP contribution in [0.1, 0.15) is 5.56 Å². The van der Waals surface area contributed by atoms with Gasteiger partial charge in [-0.1, -0.05) is 164 Å². The van der Waals surface area contributed by atoms with Crippen molar-refractivity contribution in [2.24, 2.45) is 0 Å². The molecule has 0 unspecified atom stereocenters. The normalized spacial score (nSPS) is 11.4. The van der Waals surface area contributed by atoms with Crippen LogP contribution in [0.4, 0.5) is 0 Å². The van der Waals surface area contributed by atoms with E-state index in [2.05, 4.69) is 199 Å². The fraction of sp³-hybridized carbons (Fsp3) is 0. The molecule has 0 fully saturated rings. The monoisotopic (exact) mass is 672 g/mol. The first-order valence-corrected chi connectivity index (χ1v) is 18.0. The van der Waals surface area contributed by atoms with Gasteiger partial charge < -0.3 is 4.57 Å². The summed E-state index contributed by atoms with van der Waals surface area (Å²) >= 11 is 0. The summed E-state index contributed by atoms with van der Waals surface area (Å²) in [5, 5.41) is 17.6. The molecule has 0 aliphatic carbocycles. The second kappa shape index (κ2) is 12.5. The topological polar surface area (TPSA) is 28.7 Å². The molecule has 10 rings (SSSR count). The quantitative estimate of drug-likeness (QED) is 0.167. The van der Waals surface area contributed by atoms with E-state index in [1.165, 1.54) is 54.6 Å². The highest BCUT2D eigenvalue weighted by molar-refractivity contribution is 6.21. The van der Waals surface area contributed by atoms with Crippen LogP contribution in [0.15, 0.2) is 194 Å². The smallest absolute Gasteiger partial charge is 0.101 e. The zero-order chi connectivity index (χ0) is 35.3. The molecule has 246 valence electrons. The number of para-hydroxylation sites is 2. The predicted molar refractivity (Wildman–Crippen MR) is 222 cm³/mol. The van der Waals surface area contributed by atoms with Crippen molar-refractivity contribution in [3.05, 3.63) is 200 Å². The van der Waals surface area contributed by atoms with E-state index in [1.54, 1.807) is 0 Å². The minimum absolute atomic E-state index is 0.642. The number of benzene rings is 9. The van der Waals surface area contributed by atoms with Gasteiger partial charge in [-0.05, 0) is 96.4 Å². The fourth-order valence-corrected chi connectivity index (χ4v) is 8.24. The van der Waals surface area contributed by atoms with Gasteiger partial charge in [0, 0.05) is 10.8 Å². The molecular weight excluding hydrogens is 641 g/mol. The van der Waals surface area contributed by atoms with Crippen LogP contribution < -0.4 is 0 Å². The van der Waals surface area contributed by atoms with Gasteiger partial charge in [-0.2, -0.15) is 5.26 Å². The van der Waals surface area contributed by atoms with Crippen molar-refractivity contribution < 1.29 is 0 Å². The van der Waals surface area contributed by atoms with Crippen LogP contribution >= 0.6 is 0 Å². The lowest BCUT2D eigenvalue weighted by atomic mass is 9.85. The summed E-state index contributed by atoms with van der Waals surface area (Å²) in [6.07, 6.45) is 0. The number of nitrogens with zero attached hydrogens (tertiary/aromatic N) is 2. The molecule has 10 aromatic rings. The van der Waals surface area contributed by atoms with E-state index in [0.717, 1.165) is 39.0 Å².